The van der Waals surface area contributed by atoms with Gasteiger partial charge in [0, 0.05) is 41.3 Å². The number of methoxy groups -OCH3 is 1. The SMILES string of the molecule is C=C[C@@H]1C[C@]1(NC(=O)[C@@H]1C[C@@H](Oc2cc(-c3ccccc3)nc3cc(OC)ccc23)CN1C(=O)C(NC(=S)NC(=O)OCC1c2ccccc2-c2ccccc21)C(C)(C)C)C(=O)NS(=O)(=O)C1CC1. The molecule has 0 bridgehead atoms. The Kier molecular flexibility index (Phi) is 12.7. The third-order valence-corrected chi connectivity index (χ3v) is 15.4. The second-order valence-corrected chi connectivity index (χ2v) is 21.5. The molecule has 3 aliphatic carbocycles. The highest BCUT2D eigenvalue weighted by Gasteiger charge is 2.62. The van der Waals surface area contributed by atoms with E-state index in [1.165, 1.54) is 11.0 Å². The number of hydrogen-bond acceptors (Lipinski definition) is 11. The molecule has 4 amide bonds. The van der Waals surface area contributed by atoms with E-state index in [1.807, 2.05) is 112 Å². The van der Waals surface area contributed by atoms with Crippen LogP contribution in [0.3, 0.4) is 0 Å². The average molecular weight is 971 g/mol. The number of fused-ring (bicyclic) bond motifs is 4. The van der Waals surface area contributed by atoms with E-state index >= 15 is 4.79 Å². The van der Waals surface area contributed by atoms with E-state index in [1.54, 1.807) is 19.2 Å². The van der Waals surface area contributed by atoms with Crippen LogP contribution in [-0.4, -0.2) is 96.5 Å². The number of hydrogen-bond donors (Lipinski definition) is 4. The van der Waals surface area contributed by atoms with Gasteiger partial charge in [0.05, 0.1) is 30.1 Å². The van der Waals surface area contributed by atoms with E-state index in [9.17, 15) is 22.8 Å². The summed E-state index contributed by atoms with van der Waals surface area (Å²) in [6, 6.07) is 30.5. The van der Waals surface area contributed by atoms with Gasteiger partial charge in [0.25, 0.3) is 5.91 Å². The van der Waals surface area contributed by atoms with E-state index in [4.69, 9.17) is 31.4 Å². The summed E-state index contributed by atoms with van der Waals surface area (Å²) in [4.78, 5) is 63.3. The number of carbonyl (C=O) groups excluding carboxylic acids is 4. The Hall–Kier alpha value is -6.85. The van der Waals surface area contributed by atoms with Gasteiger partial charge in [-0.3, -0.25) is 24.4 Å². The molecule has 4 aromatic carbocycles. The van der Waals surface area contributed by atoms with E-state index in [0.717, 1.165) is 27.8 Å². The Morgan fingerprint density at radius 1 is 0.942 bits per heavy atom. The van der Waals surface area contributed by atoms with Crippen molar-refractivity contribution in [2.45, 2.75) is 81.3 Å². The Balaban J connectivity index is 0.970. The second-order valence-electron chi connectivity index (χ2n) is 19.1. The highest BCUT2D eigenvalue weighted by molar-refractivity contribution is 7.91. The van der Waals surface area contributed by atoms with Crippen molar-refractivity contribution in [2.24, 2.45) is 11.3 Å². The molecule has 9 rings (SSSR count). The molecular formula is C52H54N6O9S2. The number of rotatable bonds is 14. The summed E-state index contributed by atoms with van der Waals surface area (Å²) in [5, 5.41) is 8.29. The van der Waals surface area contributed by atoms with Crippen molar-refractivity contribution in [1.29, 1.82) is 0 Å². The molecule has 17 heteroatoms. The van der Waals surface area contributed by atoms with Crippen molar-refractivity contribution in [2.75, 3.05) is 20.3 Å². The number of nitrogens with zero attached hydrogens (tertiary/aromatic N) is 2. The number of carbonyl (C=O) groups is 4. The van der Waals surface area contributed by atoms with Gasteiger partial charge in [-0.1, -0.05) is 106 Å². The van der Waals surface area contributed by atoms with Crippen molar-refractivity contribution in [3.63, 3.8) is 0 Å². The second kappa shape index (κ2) is 18.6. The molecule has 0 radical (unpaired) electrons. The summed E-state index contributed by atoms with van der Waals surface area (Å²) in [5.41, 5.74) is 3.85. The zero-order chi connectivity index (χ0) is 48.8. The number of likely N-dealkylation sites (tertiary alicyclic amines) is 1. The highest BCUT2D eigenvalue weighted by atomic mass is 32.2. The minimum absolute atomic E-state index is 0.00560. The summed E-state index contributed by atoms with van der Waals surface area (Å²) in [6.07, 6.45) is 0.918. The van der Waals surface area contributed by atoms with E-state index in [-0.39, 0.29) is 37.0 Å². The molecule has 1 aliphatic heterocycles. The maximum atomic E-state index is 15.1. The standard InChI is InChI=1S/C52H54N6O9S2/c1-6-31-27-52(31,48(61)57-69(63,64)34-21-22-34)56-46(59)43-25-33(67-44-26-41(30-14-8-7-9-15-30)53-42-24-32(65-5)20-23-39(42)44)28-58(43)47(60)45(51(2,3)4)54-49(68)55-50(62)66-29-40-37-18-12-10-16-35(37)36-17-11-13-19-38(36)40/h6-20,23-24,26,31,33-34,40,43,45H,1,21-22,25,27-29H2,2-5H3,(H,56,59)(H,57,61)(H2,54,55,62,68)/t31-,33-,43+,45?,52-/m1/s1. The van der Waals surface area contributed by atoms with Crippen LogP contribution in [0.1, 0.15) is 63.5 Å². The first-order chi connectivity index (χ1) is 33.0. The van der Waals surface area contributed by atoms with Gasteiger partial charge in [0.2, 0.25) is 21.8 Å². The topological polar surface area (TPSA) is 194 Å². The van der Waals surface area contributed by atoms with Gasteiger partial charge in [-0.15, -0.1) is 6.58 Å². The maximum Gasteiger partial charge on any atom is 0.413 e. The predicted octanol–water partition coefficient (Wildman–Crippen LogP) is 6.76. The van der Waals surface area contributed by atoms with Gasteiger partial charge in [-0.2, -0.15) is 0 Å². The van der Waals surface area contributed by atoms with Crippen LogP contribution in [0, 0.1) is 11.3 Å². The fourth-order valence-electron chi connectivity index (χ4n) is 9.44. The summed E-state index contributed by atoms with van der Waals surface area (Å²) < 4.78 is 46.1. The van der Waals surface area contributed by atoms with Crippen molar-refractivity contribution >= 4 is 62.1 Å². The molecular weight excluding hydrogens is 917 g/mol. The lowest BCUT2D eigenvalue weighted by atomic mass is 9.85. The number of nitrogens with one attached hydrogen (secondary N) is 4. The number of amides is 4. The van der Waals surface area contributed by atoms with Gasteiger partial charge in [-0.25, -0.2) is 18.2 Å². The minimum atomic E-state index is -3.95. The maximum absolute atomic E-state index is 15.1. The monoisotopic (exact) mass is 970 g/mol. The summed E-state index contributed by atoms with van der Waals surface area (Å²) in [6.45, 7) is 9.25. The first kappa shape index (κ1) is 47.2. The molecule has 4 N–H and O–H groups in total. The normalized spacial score (nSPS) is 21.0. The summed E-state index contributed by atoms with van der Waals surface area (Å²) in [7, 11) is -2.38. The number of ether oxygens (including phenoxy) is 3. The molecule has 3 fully saturated rings. The largest absolute Gasteiger partial charge is 0.497 e. The number of benzene rings is 4. The van der Waals surface area contributed by atoms with E-state index in [2.05, 4.69) is 27.3 Å². The van der Waals surface area contributed by atoms with Crippen LogP contribution in [-0.2, 0) is 29.1 Å². The molecule has 2 saturated carbocycles. The Morgan fingerprint density at radius 2 is 1.61 bits per heavy atom. The van der Waals surface area contributed by atoms with Crippen LogP contribution in [0.2, 0.25) is 0 Å². The summed E-state index contributed by atoms with van der Waals surface area (Å²) in [5.74, 6) is -1.78. The van der Waals surface area contributed by atoms with Gasteiger partial charge >= 0.3 is 6.09 Å². The first-order valence-corrected chi connectivity index (χ1v) is 24.9. The number of sulfonamides is 1. The van der Waals surface area contributed by atoms with Crippen molar-refractivity contribution < 1.29 is 41.8 Å². The van der Waals surface area contributed by atoms with Crippen molar-refractivity contribution in [3.8, 4) is 33.9 Å². The molecule has 5 atom stereocenters. The van der Waals surface area contributed by atoms with Gasteiger partial charge in [0.1, 0.15) is 41.8 Å². The average Bonchev–Trinajstić information content (AvgIpc) is 4.25. The minimum Gasteiger partial charge on any atom is -0.497 e. The quantitative estimate of drug-likeness (QED) is 0.0677. The molecule has 2 heterocycles. The number of pyridine rings is 1. The molecule has 5 aromatic rings. The smallest absolute Gasteiger partial charge is 0.413 e. The predicted molar refractivity (Wildman–Crippen MR) is 265 cm³/mol. The number of alkyl carbamates (subject to hydrolysis) is 1. The van der Waals surface area contributed by atoms with Crippen LogP contribution < -0.4 is 30.1 Å². The number of thiocarbonyl (C=S) groups is 1. The lowest BCUT2D eigenvalue weighted by Crippen LogP contribution is -2.61. The van der Waals surface area contributed by atoms with Gasteiger partial charge < -0.3 is 29.7 Å². The Labute approximate surface area is 406 Å². The molecule has 4 aliphatic rings. The molecule has 0 spiro atoms. The van der Waals surface area contributed by atoms with E-state index in [0.29, 0.717) is 40.9 Å². The molecule has 1 unspecified atom stereocenters. The van der Waals surface area contributed by atoms with Crippen molar-refractivity contribution in [3.05, 3.63) is 127 Å². The van der Waals surface area contributed by atoms with Crippen LogP contribution in [0.15, 0.2) is 116 Å². The molecule has 1 saturated heterocycles. The summed E-state index contributed by atoms with van der Waals surface area (Å²) >= 11 is 5.64. The lowest BCUT2D eigenvalue weighted by molar-refractivity contribution is -0.142. The third kappa shape index (κ3) is 9.62. The fourth-order valence-corrected chi connectivity index (χ4v) is 11.0. The van der Waals surface area contributed by atoms with Crippen LogP contribution in [0.5, 0.6) is 11.5 Å². The van der Waals surface area contributed by atoms with E-state index < -0.39 is 74.1 Å². The first-order valence-electron chi connectivity index (χ1n) is 22.9. The van der Waals surface area contributed by atoms with Crippen LogP contribution in [0.25, 0.3) is 33.3 Å². The van der Waals surface area contributed by atoms with Crippen LogP contribution in [0.4, 0.5) is 4.79 Å². The highest BCUT2D eigenvalue weighted by Crippen LogP contribution is 2.47. The molecule has 69 heavy (non-hydrogen) atoms. The molecule has 15 nitrogen and oxygen atoms in total. The Bertz CT molecular complexity index is 2950. The van der Waals surface area contributed by atoms with Crippen molar-refractivity contribution in [1.82, 2.24) is 30.6 Å². The fraction of sp³-hybridized carbons (Fsp3) is 0.346. The van der Waals surface area contributed by atoms with Crippen LogP contribution >= 0.6 is 12.2 Å². The Morgan fingerprint density at radius 3 is 2.23 bits per heavy atom. The zero-order valence-electron chi connectivity index (χ0n) is 38.7. The zero-order valence-corrected chi connectivity index (χ0v) is 40.3. The van der Waals surface area contributed by atoms with Gasteiger partial charge in [0.15, 0.2) is 5.11 Å². The lowest BCUT2D eigenvalue weighted by Gasteiger charge is -2.36. The third-order valence-electron chi connectivity index (χ3n) is 13.4. The van der Waals surface area contributed by atoms with Gasteiger partial charge in [-0.05, 0) is 71.3 Å². The number of aromatic nitrogens is 1. The molecule has 358 valence electrons. The molecule has 1 aromatic heterocycles.